The van der Waals surface area contributed by atoms with E-state index in [1.165, 1.54) is 7.11 Å². The molecule has 1 aliphatic rings. The van der Waals surface area contributed by atoms with Gasteiger partial charge in [0.2, 0.25) is 0 Å². The fourth-order valence-electron chi connectivity index (χ4n) is 2.50. The molecular formula is C16H18N4O5. The number of carbonyl (C=O) groups excluding carboxylic acids is 1. The van der Waals surface area contributed by atoms with Gasteiger partial charge in [-0.05, 0) is 36.6 Å². The Morgan fingerprint density at radius 2 is 2.08 bits per heavy atom. The van der Waals surface area contributed by atoms with E-state index in [9.17, 15) is 4.79 Å². The zero-order chi connectivity index (χ0) is 17.6. The molecule has 1 N–H and O–H groups in total. The number of ether oxygens (including phenoxy) is 2. The Morgan fingerprint density at radius 3 is 2.88 bits per heavy atom. The van der Waals surface area contributed by atoms with Crippen LogP contribution in [0.1, 0.15) is 24.2 Å². The predicted octanol–water partition coefficient (Wildman–Crippen LogP) is 1.78. The number of methoxy groups -OCH3 is 2. The second-order valence-electron chi connectivity index (χ2n) is 5.34. The fraction of sp³-hybridized carbons (Fsp3) is 0.375. The number of oxime groups is 1. The summed E-state index contributed by atoms with van der Waals surface area (Å²) in [6.45, 7) is -0.224. The highest BCUT2D eigenvalue weighted by Gasteiger charge is 2.21. The first kappa shape index (κ1) is 16.7. The molecule has 0 radical (unpaired) electrons. The fourth-order valence-corrected chi connectivity index (χ4v) is 2.50. The number of anilines is 1. The third-order valence-corrected chi connectivity index (χ3v) is 3.69. The van der Waals surface area contributed by atoms with Gasteiger partial charge in [0.1, 0.15) is 11.4 Å². The van der Waals surface area contributed by atoms with Gasteiger partial charge in [0.05, 0.1) is 14.2 Å². The summed E-state index contributed by atoms with van der Waals surface area (Å²) in [6.07, 6.45) is 2.40. The zero-order valence-electron chi connectivity index (χ0n) is 13.9. The number of benzene rings is 1. The van der Waals surface area contributed by atoms with Gasteiger partial charge in [0.15, 0.2) is 23.8 Å². The van der Waals surface area contributed by atoms with E-state index < -0.39 is 0 Å². The first-order valence-corrected chi connectivity index (χ1v) is 7.73. The van der Waals surface area contributed by atoms with E-state index in [4.69, 9.17) is 18.9 Å². The summed E-state index contributed by atoms with van der Waals surface area (Å²) >= 11 is 0. The molecule has 0 spiro atoms. The van der Waals surface area contributed by atoms with Crippen molar-refractivity contribution in [1.82, 2.24) is 10.3 Å². The van der Waals surface area contributed by atoms with E-state index >= 15 is 0 Å². The van der Waals surface area contributed by atoms with Gasteiger partial charge in [-0.2, -0.15) is 0 Å². The van der Waals surface area contributed by atoms with Gasteiger partial charge >= 0.3 is 0 Å². The summed E-state index contributed by atoms with van der Waals surface area (Å²) in [5, 5.41) is 14.3. The standard InChI is InChI=1S/C16H18N4O5/c1-22-13-7-6-10(8-14(13)23-2)17-15(21)9-24-18-11-4-3-5-12-16(11)20-25-19-12/h6-8H,3-5,9H2,1-2H3,(H,17,21). The SMILES string of the molecule is COc1ccc(NC(=O)CON=C2CCCc3nonc32)cc1OC. The van der Waals surface area contributed by atoms with Crippen LogP contribution in [0.5, 0.6) is 11.5 Å². The van der Waals surface area contributed by atoms with Gasteiger partial charge in [0, 0.05) is 11.8 Å². The number of fused-ring (bicyclic) bond motifs is 1. The Bertz CT molecular complexity index is 787. The molecule has 0 fully saturated rings. The Hall–Kier alpha value is -3.10. The number of aryl methyl sites for hydroxylation is 1. The highest BCUT2D eigenvalue weighted by atomic mass is 16.6. The van der Waals surface area contributed by atoms with Crippen LogP contribution >= 0.6 is 0 Å². The number of aromatic nitrogens is 2. The molecule has 0 saturated carbocycles. The number of hydrogen-bond donors (Lipinski definition) is 1. The summed E-state index contributed by atoms with van der Waals surface area (Å²) in [5.41, 5.74) is 2.58. The number of nitrogens with zero attached hydrogens (tertiary/aromatic N) is 3. The molecule has 132 valence electrons. The molecule has 1 aliphatic carbocycles. The maximum absolute atomic E-state index is 12.0. The average molecular weight is 346 g/mol. The average Bonchev–Trinajstić information content (AvgIpc) is 3.11. The minimum absolute atomic E-state index is 0.224. The molecule has 1 aromatic heterocycles. The zero-order valence-corrected chi connectivity index (χ0v) is 13.9. The highest BCUT2D eigenvalue weighted by Crippen LogP contribution is 2.29. The van der Waals surface area contributed by atoms with Gasteiger partial charge in [-0.1, -0.05) is 10.3 Å². The molecule has 1 amide bonds. The van der Waals surface area contributed by atoms with E-state index in [0.717, 1.165) is 18.5 Å². The van der Waals surface area contributed by atoms with Gasteiger partial charge in [-0.15, -0.1) is 0 Å². The maximum atomic E-state index is 12.0. The topological polar surface area (TPSA) is 108 Å². The van der Waals surface area contributed by atoms with Crippen molar-refractivity contribution in [2.24, 2.45) is 5.16 Å². The van der Waals surface area contributed by atoms with Crippen LogP contribution in [0, 0.1) is 0 Å². The molecule has 0 aliphatic heterocycles. The van der Waals surface area contributed by atoms with Gasteiger partial charge in [-0.25, -0.2) is 4.63 Å². The Balaban J connectivity index is 1.56. The maximum Gasteiger partial charge on any atom is 0.265 e. The van der Waals surface area contributed by atoms with E-state index in [1.807, 2.05) is 0 Å². The molecule has 0 bridgehead atoms. The Kier molecular flexibility index (Phi) is 5.12. The number of hydrogen-bond acceptors (Lipinski definition) is 8. The monoisotopic (exact) mass is 346 g/mol. The van der Waals surface area contributed by atoms with Gasteiger partial charge in [-0.3, -0.25) is 4.79 Å². The lowest BCUT2D eigenvalue weighted by molar-refractivity contribution is -0.120. The van der Waals surface area contributed by atoms with Crippen LogP contribution in [0.2, 0.25) is 0 Å². The number of amides is 1. The quantitative estimate of drug-likeness (QED) is 0.794. The van der Waals surface area contributed by atoms with Crippen molar-refractivity contribution in [2.75, 3.05) is 26.1 Å². The lowest BCUT2D eigenvalue weighted by atomic mass is 9.99. The number of rotatable bonds is 6. The third kappa shape index (κ3) is 3.87. The number of nitrogens with one attached hydrogen (secondary N) is 1. The summed E-state index contributed by atoms with van der Waals surface area (Å²) in [7, 11) is 3.07. The molecule has 9 heteroatoms. The lowest BCUT2D eigenvalue weighted by Gasteiger charge is -2.11. The molecule has 25 heavy (non-hydrogen) atoms. The molecule has 9 nitrogen and oxygen atoms in total. The minimum Gasteiger partial charge on any atom is -0.493 e. The van der Waals surface area contributed by atoms with Crippen molar-refractivity contribution >= 4 is 17.3 Å². The Labute approximate surface area is 143 Å². The largest absolute Gasteiger partial charge is 0.493 e. The van der Waals surface area contributed by atoms with Gasteiger partial charge < -0.3 is 19.6 Å². The molecular weight excluding hydrogens is 328 g/mol. The molecule has 0 atom stereocenters. The van der Waals surface area contributed by atoms with E-state index in [-0.39, 0.29) is 12.5 Å². The normalized spacial score (nSPS) is 14.7. The predicted molar refractivity (Wildman–Crippen MR) is 87.9 cm³/mol. The molecule has 0 saturated heterocycles. The van der Waals surface area contributed by atoms with Crippen LogP contribution in [0.25, 0.3) is 0 Å². The first-order chi connectivity index (χ1) is 12.2. The molecule has 1 heterocycles. The van der Waals surface area contributed by atoms with E-state index in [1.54, 1.807) is 25.3 Å². The smallest absolute Gasteiger partial charge is 0.265 e. The third-order valence-electron chi connectivity index (χ3n) is 3.69. The highest BCUT2D eigenvalue weighted by molar-refractivity contribution is 6.00. The van der Waals surface area contributed by atoms with Crippen molar-refractivity contribution in [3.63, 3.8) is 0 Å². The van der Waals surface area contributed by atoms with E-state index in [2.05, 4.69) is 20.8 Å². The second-order valence-corrected chi connectivity index (χ2v) is 5.34. The van der Waals surface area contributed by atoms with E-state index in [0.29, 0.717) is 35.0 Å². The molecule has 2 aromatic rings. The van der Waals surface area contributed by atoms with Crippen molar-refractivity contribution < 1.29 is 23.7 Å². The van der Waals surface area contributed by atoms with Crippen LogP contribution in [-0.4, -0.2) is 42.8 Å². The van der Waals surface area contributed by atoms with Crippen LogP contribution in [-0.2, 0) is 16.1 Å². The molecule has 3 rings (SSSR count). The minimum atomic E-state index is -0.342. The second kappa shape index (κ2) is 7.65. The summed E-state index contributed by atoms with van der Waals surface area (Å²) in [5.74, 6) is 0.762. The lowest BCUT2D eigenvalue weighted by Crippen LogP contribution is -2.18. The van der Waals surface area contributed by atoms with Crippen molar-refractivity contribution in [1.29, 1.82) is 0 Å². The van der Waals surface area contributed by atoms with Crippen molar-refractivity contribution in [2.45, 2.75) is 19.3 Å². The van der Waals surface area contributed by atoms with Crippen molar-refractivity contribution in [3.8, 4) is 11.5 Å². The van der Waals surface area contributed by atoms with Crippen molar-refractivity contribution in [3.05, 3.63) is 29.6 Å². The number of carbonyl (C=O) groups is 1. The summed E-state index contributed by atoms with van der Waals surface area (Å²) in [6, 6.07) is 5.08. The van der Waals surface area contributed by atoms with Crippen LogP contribution in [0.15, 0.2) is 28.0 Å². The molecule has 1 aromatic carbocycles. The molecule has 0 unspecified atom stereocenters. The van der Waals surface area contributed by atoms with Crippen LogP contribution < -0.4 is 14.8 Å². The summed E-state index contributed by atoms with van der Waals surface area (Å²) < 4.78 is 15.1. The Morgan fingerprint density at radius 1 is 1.24 bits per heavy atom. The first-order valence-electron chi connectivity index (χ1n) is 7.73. The van der Waals surface area contributed by atoms with Gasteiger partial charge in [0.25, 0.3) is 5.91 Å². The van der Waals surface area contributed by atoms with Crippen LogP contribution in [0.4, 0.5) is 5.69 Å². The summed E-state index contributed by atoms with van der Waals surface area (Å²) in [4.78, 5) is 17.1. The van der Waals surface area contributed by atoms with Crippen LogP contribution in [0.3, 0.4) is 0 Å².